The minimum absolute atomic E-state index is 0.0368. The third kappa shape index (κ3) is 5.67. The lowest BCUT2D eigenvalue weighted by molar-refractivity contribution is -0.137. The van der Waals surface area contributed by atoms with E-state index < -0.39 is 22.8 Å². The number of pyridine rings is 1. The van der Waals surface area contributed by atoms with Crippen molar-refractivity contribution in [2.75, 3.05) is 10.6 Å². The normalized spacial score (nSPS) is 11.2. The summed E-state index contributed by atoms with van der Waals surface area (Å²) >= 11 is 5.62. The molecule has 4 aromatic rings. The van der Waals surface area contributed by atoms with Gasteiger partial charge in [0.2, 0.25) is 5.95 Å². The molecule has 0 saturated carbocycles. The van der Waals surface area contributed by atoms with Crippen LogP contribution in [0.1, 0.15) is 11.1 Å². The Labute approximate surface area is 202 Å². The van der Waals surface area contributed by atoms with Crippen molar-refractivity contribution in [2.24, 2.45) is 0 Å². The van der Waals surface area contributed by atoms with Crippen LogP contribution in [-0.4, -0.2) is 26.1 Å². The summed E-state index contributed by atoms with van der Waals surface area (Å²) in [5, 5.41) is 14.3. The van der Waals surface area contributed by atoms with E-state index in [4.69, 9.17) is 11.6 Å². The van der Waals surface area contributed by atoms with Crippen molar-refractivity contribution in [1.29, 1.82) is 0 Å². The molecule has 11 heteroatoms. The van der Waals surface area contributed by atoms with Gasteiger partial charge in [-0.2, -0.15) is 13.2 Å². The van der Waals surface area contributed by atoms with Gasteiger partial charge in [0.15, 0.2) is 0 Å². The van der Waals surface area contributed by atoms with E-state index in [1.54, 1.807) is 30.6 Å². The van der Waals surface area contributed by atoms with E-state index in [-0.39, 0.29) is 17.4 Å². The third-order valence-electron chi connectivity index (χ3n) is 4.87. The molecule has 2 aromatic carbocycles. The highest BCUT2D eigenvalue weighted by Crippen LogP contribution is 2.36. The van der Waals surface area contributed by atoms with Crippen LogP contribution in [0.2, 0.25) is 5.02 Å². The van der Waals surface area contributed by atoms with Crippen LogP contribution in [0.25, 0.3) is 22.4 Å². The Morgan fingerprint density at radius 3 is 2.43 bits per heavy atom. The van der Waals surface area contributed by atoms with Crippen LogP contribution in [0.15, 0.2) is 67.1 Å². The molecule has 0 aliphatic rings. The van der Waals surface area contributed by atoms with E-state index in [1.807, 2.05) is 13.0 Å². The number of urea groups is 1. The maximum Gasteiger partial charge on any atom is 0.417 e. The summed E-state index contributed by atoms with van der Waals surface area (Å²) in [5.41, 5.74) is 1.98. The molecule has 0 bridgehead atoms. The summed E-state index contributed by atoms with van der Waals surface area (Å²) in [7, 11) is 0. The molecule has 2 heterocycles. The fourth-order valence-corrected chi connectivity index (χ4v) is 3.61. The minimum Gasteiger partial charge on any atom is -0.508 e. The van der Waals surface area contributed by atoms with Crippen molar-refractivity contribution >= 4 is 29.3 Å². The number of aryl methyl sites for hydroxylation is 1. The second-order valence-electron chi connectivity index (χ2n) is 7.52. The zero-order valence-corrected chi connectivity index (χ0v) is 18.8. The Morgan fingerprint density at radius 2 is 1.74 bits per heavy atom. The zero-order chi connectivity index (χ0) is 25.2. The molecule has 3 N–H and O–H groups in total. The lowest BCUT2D eigenvalue weighted by Crippen LogP contribution is -2.21. The van der Waals surface area contributed by atoms with Gasteiger partial charge < -0.3 is 10.4 Å². The second-order valence-corrected chi connectivity index (χ2v) is 7.93. The smallest absolute Gasteiger partial charge is 0.417 e. The van der Waals surface area contributed by atoms with Gasteiger partial charge in [-0.05, 0) is 66.6 Å². The first-order valence-electron chi connectivity index (χ1n) is 10.1. The summed E-state index contributed by atoms with van der Waals surface area (Å²) in [6.07, 6.45) is 0.0314. The van der Waals surface area contributed by atoms with E-state index in [9.17, 15) is 23.1 Å². The lowest BCUT2D eigenvalue weighted by Gasteiger charge is -2.14. The predicted molar refractivity (Wildman–Crippen MR) is 126 cm³/mol. The van der Waals surface area contributed by atoms with Crippen LogP contribution in [0, 0.1) is 6.92 Å². The first-order chi connectivity index (χ1) is 16.6. The van der Waals surface area contributed by atoms with Crippen LogP contribution in [-0.2, 0) is 6.18 Å². The number of rotatable bonds is 4. The number of alkyl halides is 3. The molecule has 0 atom stereocenters. The zero-order valence-electron chi connectivity index (χ0n) is 18.1. The monoisotopic (exact) mass is 499 g/mol. The van der Waals surface area contributed by atoms with Crippen LogP contribution < -0.4 is 10.6 Å². The number of nitrogens with one attached hydrogen (secondary N) is 2. The number of hydrogen-bond acceptors (Lipinski definition) is 5. The number of amides is 2. The van der Waals surface area contributed by atoms with Crippen LogP contribution in [0.4, 0.5) is 29.6 Å². The van der Waals surface area contributed by atoms with Crippen LogP contribution in [0.5, 0.6) is 5.75 Å². The van der Waals surface area contributed by atoms with E-state index in [2.05, 4.69) is 25.6 Å². The largest absolute Gasteiger partial charge is 0.508 e. The maximum atomic E-state index is 13.1. The van der Waals surface area contributed by atoms with Gasteiger partial charge in [0.25, 0.3) is 0 Å². The summed E-state index contributed by atoms with van der Waals surface area (Å²) < 4.78 is 39.3. The standard InChI is InChI=1S/C24H17ClF3N5O2/c1-13-8-15(10-17(34)9-13)21-18(14-4-6-29-7-5-14)12-30-22(32-21)33-23(35)31-16-2-3-20(25)19(11-16)24(26,27)28/h2-12,34H,1H3,(H2,30,31,32,33,35). The molecule has 0 fully saturated rings. The predicted octanol–water partition coefficient (Wildman–Crippen LogP) is 6.54. The molecule has 35 heavy (non-hydrogen) atoms. The van der Waals surface area contributed by atoms with E-state index in [0.717, 1.165) is 23.3 Å². The average molecular weight is 500 g/mol. The van der Waals surface area contributed by atoms with Gasteiger partial charge >= 0.3 is 12.2 Å². The molecule has 4 rings (SSSR count). The van der Waals surface area contributed by atoms with Crippen molar-refractivity contribution in [2.45, 2.75) is 13.1 Å². The summed E-state index contributed by atoms with van der Waals surface area (Å²) in [4.78, 5) is 25.1. The molecule has 7 nitrogen and oxygen atoms in total. The fraction of sp³-hybridized carbons (Fsp3) is 0.0833. The molecular weight excluding hydrogens is 483 g/mol. The highest BCUT2D eigenvalue weighted by Gasteiger charge is 2.33. The van der Waals surface area contributed by atoms with Gasteiger partial charge in [0, 0.05) is 35.4 Å². The van der Waals surface area contributed by atoms with Crippen molar-refractivity contribution in [3.05, 3.63) is 83.3 Å². The molecule has 2 aromatic heterocycles. The van der Waals surface area contributed by atoms with Gasteiger partial charge in [-0.25, -0.2) is 14.8 Å². The first kappa shape index (κ1) is 24.0. The summed E-state index contributed by atoms with van der Waals surface area (Å²) in [6, 6.07) is 10.6. The fourth-order valence-electron chi connectivity index (χ4n) is 3.39. The summed E-state index contributed by atoms with van der Waals surface area (Å²) in [6.45, 7) is 1.81. The number of carbonyl (C=O) groups is 1. The van der Waals surface area contributed by atoms with E-state index in [1.165, 1.54) is 18.3 Å². The number of carbonyl (C=O) groups excluding carboxylic acids is 1. The Morgan fingerprint density at radius 1 is 1.00 bits per heavy atom. The van der Waals surface area contributed by atoms with Gasteiger partial charge in [0.05, 0.1) is 16.3 Å². The Hall–Kier alpha value is -4.18. The quantitative estimate of drug-likeness (QED) is 0.296. The molecule has 0 saturated heterocycles. The number of hydrogen-bond donors (Lipinski definition) is 3. The minimum atomic E-state index is -4.68. The Bertz CT molecular complexity index is 1380. The number of phenols is 1. The molecule has 0 aliphatic carbocycles. The molecule has 0 spiro atoms. The molecule has 0 aliphatic heterocycles. The number of aromatic hydroxyl groups is 1. The molecule has 2 amide bonds. The number of phenolic OH excluding ortho intramolecular Hbond substituents is 1. The van der Waals surface area contributed by atoms with Crippen molar-refractivity contribution < 1.29 is 23.1 Å². The first-order valence-corrected chi connectivity index (χ1v) is 10.5. The SMILES string of the molecule is Cc1cc(O)cc(-c2nc(NC(=O)Nc3ccc(Cl)c(C(F)(F)F)c3)ncc2-c2ccncc2)c1. The van der Waals surface area contributed by atoms with Gasteiger partial charge in [-0.1, -0.05) is 11.6 Å². The number of anilines is 2. The number of nitrogens with zero attached hydrogens (tertiary/aromatic N) is 3. The Kier molecular flexibility index (Phi) is 6.57. The van der Waals surface area contributed by atoms with E-state index >= 15 is 0 Å². The van der Waals surface area contributed by atoms with Gasteiger partial charge in [0.1, 0.15) is 5.75 Å². The summed E-state index contributed by atoms with van der Waals surface area (Å²) in [5.74, 6) is -0.0592. The molecule has 0 unspecified atom stereocenters. The highest BCUT2D eigenvalue weighted by atomic mass is 35.5. The topological polar surface area (TPSA) is 100 Å². The van der Waals surface area contributed by atoms with Gasteiger partial charge in [-0.3, -0.25) is 10.3 Å². The van der Waals surface area contributed by atoms with E-state index in [0.29, 0.717) is 16.8 Å². The second kappa shape index (κ2) is 9.59. The number of aromatic nitrogens is 3. The van der Waals surface area contributed by atoms with Crippen LogP contribution in [0.3, 0.4) is 0 Å². The van der Waals surface area contributed by atoms with Gasteiger partial charge in [-0.15, -0.1) is 0 Å². The number of halogens is 4. The molecule has 178 valence electrons. The van der Waals surface area contributed by atoms with Crippen LogP contribution >= 0.6 is 11.6 Å². The molecule has 0 radical (unpaired) electrons. The van der Waals surface area contributed by atoms with Crippen molar-refractivity contribution in [3.63, 3.8) is 0 Å². The highest BCUT2D eigenvalue weighted by molar-refractivity contribution is 6.31. The third-order valence-corrected chi connectivity index (χ3v) is 5.20. The average Bonchev–Trinajstić information content (AvgIpc) is 2.79. The van der Waals surface area contributed by atoms with Crippen molar-refractivity contribution in [3.8, 4) is 28.1 Å². The maximum absolute atomic E-state index is 13.1. The Balaban J connectivity index is 1.65. The lowest BCUT2D eigenvalue weighted by atomic mass is 10.00. The molecular formula is C24H17ClF3N5O2. The number of benzene rings is 2. The van der Waals surface area contributed by atoms with Crippen molar-refractivity contribution in [1.82, 2.24) is 15.0 Å².